The van der Waals surface area contributed by atoms with Crippen molar-refractivity contribution in [3.05, 3.63) is 0 Å². The lowest BCUT2D eigenvalue weighted by Gasteiger charge is -2.14. The monoisotopic (exact) mass is 271 g/mol. The number of unbranched alkanes of at least 4 members (excludes halogenated alkanes) is 8. The van der Waals surface area contributed by atoms with Crippen LogP contribution in [0.3, 0.4) is 0 Å². The third-order valence-corrected chi connectivity index (χ3v) is 3.79. The van der Waals surface area contributed by atoms with E-state index in [9.17, 15) is 4.79 Å². The van der Waals surface area contributed by atoms with Crippen molar-refractivity contribution in [3.63, 3.8) is 0 Å². The Labute approximate surface area is 119 Å². The minimum atomic E-state index is -0.190. The zero-order valence-corrected chi connectivity index (χ0v) is 12.9. The molecular formula is C16H33NO2. The van der Waals surface area contributed by atoms with Gasteiger partial charge in [-0.1, -0.05) is 78.1 Å². The molecule has 0 aromatic carbocycles. The molecule has 0 rings (SSSR count). The molecule has 1 unspecified atom stereocenters. The van der Waals surface area contributed by atoms with E-state index in [0.717, 1.165) is 25.7 Å². The molecule has 0 aliphatic carbocycles. The van der Waals surface area contributed by atoms with Gasteiger partial charge < -0.3 is 0 Å². The highest BCUT2D eigenvalue weighted by molar-refractivity contribution is 5.77. The van der Waals surface area contributed by atoms with Crippen LogP contribution in [0.15, 0.2) is 0 Å². The lowest BCUT2D eigenvalue weighted by atomic mass is 9.94. The van der Waals surface area contributed by atoms with E-state index in [2.05, 4.69) is 13.8 Å². The number of rotatable bonds is 13. The molecule has 114 valence electrons. The van der Waals surface area contributed by atoms with Crippen molar-refractivity contribution in [2.75, 3.05) is 0 Å². The molecule has 0 saturated carbocycles. The second-order valence-electron chi connectivity index (χ2n) is 5.58. The summed E-state index contributed by atoms with van der Waals surface area (Å²) in [6.07, 6.45) is 14.1. The molecule has 0 saturated heterocycles. The van der Waals surface area contributed by atoms with Crippen LogP contribution in [-0.4, -0.2) is 11.1 Å². The Morgan fingerprint density at radius 3 is 1.74 bits per heavy atom. The summed E-state index contributed by atoms with van der Waals surface area (Å²) < 4.78 is 0. The molecule has 1 amide bonds. The summed E-state index contributed by atoms with van der Waals surface area (Å²) >= 11 is 0. The average Bonchev–Trinajstić information content (AvgIpc) is 2.44. The summed E-state index contributed by atoms with van der Waals surface area (Å²) in [4.78, 5) is 11.6. The maximum absolute atomic E-state index is 11.6. The van der Waals surface area contributed by atoms with Crippen LogP contribution in [0.25, 0.3) is 0 Å². The summed E-state index contributed by atoms with van der Waals surface area (Å²) in [6, 6.07) is 0. The Bertz CT molecular complexity index is 207. The van der Waals surface area contributed by atoms with Crippen molar-refractivity contribution in [2.45, 2.75) is 90.9 Å². The van der Waals surface area contributed by atoms with E-state index in [1.807, 2.05) is 5.48 Å². The SMILES string of the molecule is CCCCCCCCC(CCCCCC)C(=O)NO. The third-order valence-electron chi connectivity index (χ3n) is 3.79. The first-order chi connectivity index (χ1) is 9.26. The Hall–Kier alpha value is -0.570. The van der Waals surface area contributed by atoms with E-state index >= 15 is 0 Å². The van der Waals surface area contributed by atoms with Crippen molar-refractivity contribution in [3.8, 4) is 0 Å². The Kier molecular flexibility index (Phi) is 13.4. The van der Waals surface area contributed by atoms with E-state index in [-0.39, 0.29) is 11.8 Å². The fourth-order valence-corrected chi connectivity index (χ4v) is 2.49. The molecule has 2 N–H and O–H groups in total. The van der Waals surface area contributed by atoms with Crippen LogP contribution in [-0.2, 0) is 4.79 Å². The van der Waals surface area contributed by atoms with Gasteiger partial charge in [-0.2, -0.15) is 0 Å². The number of nitrogens with one attached hydrogen (secondary N) is 1. The first-order valence-corrected chi connectivity index (χ1v) is 8.20. The molecule has 1 atom stereocenters. The molecule has 0 fully saturated rings. The normalized spacial score (nSPS) is 12.4. The summed E-state index contributed by atoms with van der Waals surface area (Å²) in [5.41, 5.74) is 1.83. The largest absolute Gasteiger partial charge is 0.289 e. The van der Waals surface area contributed by atoms with E-state index in [0.29, 0.717) is 0 Å². The Morgan fingerprint density at radius 1 is 0.842 bits per heavy atom. The summed E-state index contributed by atoms with van der Waals surface area (Å²) in [6.45, 7) is 4.41. The first-order valence-electron chi connectivity index (χ1n) is 8.20. The van der Waals surface area contributed by atoms with E-state index in [1.165, 1.54) is 51.4 Å². The van der Waals surface area contributed by atoms with Gasteiger partial charge in [0.2, 0.25) is 5.91 Å². The van der Waals surface area contributed by atoms with Crippen LogP contribution >= 0.6 is 0 Å². The van der Waals surface area contributed by atoms with Gasteiger partial charge in [-0.15, -0.1) is 0 Å². The zero-order valence-electron chi connectivity index (χ0n) is 12.9. The van der Waals surface area contributed by atoms with Crippen LogP contribution < -0.4 is 5.48 Å². The standard InChI is InChI=1S/C16H33NO2/c1-3-5-7-9-10-12-14-15(16(18)17-19)13-11-8-6-4-2/h15,19H,3-14H2,1-2H3,(H,17,18). The van der Waals surface area contributed by atoms with Crippen LogP contribution in [0.2, 0.25) is 0 Å². The maximum Gasteiger partial charge on any atom is 0.246 e. The molecule has 0 heterocycles. The van der Waals surface area contributed by atoms with Gasteiger partial charge in [0.1, 0.15) is 0 Å². The highest BCUT2D eigenvalue weighted by Gasteiger charge is 2.16. The second-order valence-corrected chi connectivity index (χ2v) is 5.58. The van der Waals surface area contributed by atoms with Crippen LogP contribution in [0, 0.1) is 5.92 Å². The summed E-state index contributed by atoms with van der Waals surface area (Å²) in [5, 5.41) is 8.78. The number of hydroxylamine groups is 1. The number of hydrogen-bond acceptors (Lipinski definition) is 2. The fourth-order valence-electron chi connectivity index (χ4n) is 2.49. The smallest absolute Gasteiger partial charge is 0.246 e. The zero-order chi connectivity index (χ0) is 14.3. The Morgan fingerprint density at radius 2 is 1.26 bits per heavy atom. The van der Waals surface area contributed by atoms with Gasteiger partial charge in [0, 0.05) is 5.92 Å². The third kappa shape index (κ3) is 11.0. The van der Waals surface area contributed by atoms with Gasteiger partial charge in [0.15, 0.2) is 0 Å². The number of hydrogen-bond donors (Lipinski definition) is 2. The van der Waals surface area contributed by atoms with Crippen molar-refractivity contribution in [1.29, 1.82) is 0 Å². The molecule has 0 aliphatic heterocycles. The van der Waals surface area contributed by atoms with Gasteiger partial charge in [0.05, 0.1) is 0 Å². The summed E-state index contributed by atoms with van der Waals surface area (Å²) in [5.74, 6) is -0.182. The predicted octanol–water partition coefficient (Wildman–Crippen LogP) is 4.83. The first kappa shape index (κ1) is 18.4. The molecule has 0 aliphatic rings. The molecular weight excluding hydrogens is 238 g/mol. The number of carbonyl (C=O) groups excluding carboxylic acids is 1. The van der Waals surface area contributed by atoms with Crippen molar-refractivity contribution >= 4 is 5.91 Å². The lowest BCUT2D eigenvalue weighted by molar-refractivity contribution is -0.133. The van der Waals surface area contributed by atoms with Crippen molar-refractivity contribution < 1.29 is 10.0 Å². The van der Waals surface area contributed by atoms with Gasteiger partial charge in [0.25, 0.3) is 0 Å². The predicted molar refractivity (Wildman–Crippen MR) is 80.2 cm³/mol. The molecule has 3 heteroatoms. The molecule has 19 heavy (non-hydrogen) atoms. The van der Waals surface area contributed by atoms with E-state index in [1.54, 1.807) is 0 Å². The van der Waals surface area contributed by atoms with E-state index < -0.39 is 0 Å². The average molecular weight is 271 g/mol. The molecule has 0 spiro atoms. The minimum absolute atomic E-state index is 0.00744. The van der Waals surface area contributed by atoms with Crippen molar-refractivity contribution in [1.82, 2.24) is 5.48 Å². The van der Waals surface area contributed by atoms with Crippen LogP contribution in [0.1, 0.15) is 90.9 Å². The fraction of sp³-hybridized carbons (Fsp3) is 0.938. The van der Waals surface area contributed by atoms with Crippen molar-refractivity contribution in [2.24, 2.45) is 5.92 Å². The van der Waals surface area contributed by atoms with Gasteiger partial charge in [-0.3, -0.25) is 10.0 Å². The van der Waals surface area contributed by atoms with Gasteiger partial charge in [-0.05, 0) is 12.8 Å². The summed E-state index contributed by atoms with van der Waals surface area (Å²) in [7, 11) is 0. The lowest BCUT2D eigenvalue weighted by Crippen LogP contribution is -2.27. The molecule has 3 nitrogen and oxygen atoms in total. The molecule has 0 radical (unpaired) electrons. The molecule has 0 aromatic rings. The highest BCUT2D eigenvalue weighted by atomic mass is 16.5. The number of amides is 1. The number of carbonyl (C=O) groups is 1. The maximum atomic E-state index is 11.6. The Balaban J connectivity index is 3.71. The van der Waals surface area contributed by atoms with E-state index in [4.69, 9.17) is 5.21 Å². The van der Waals surface area contributed by atoms with Gasteiger partial charge in [-0.25, -0.2) is 5.48 Å². The minimum Gasteiger partial charge on any atom is -0.289 e. The van der Waals surface area contributed by atoms with Crippen LogP contribution in [0.4, 0.5) is 0 Å². The quantitative estimate of drug-likeness (QED) is 0.286. The molecule has 0 aromatic heterocycles. The highest BCUT2D eigenvalue weighted by Crippen LogP contribution is 2.19. The second kappa shape index (κ2) is 13.9. The van der Waals surface area contributed by atoms with Gasteiger partial charge >= 0.3 is 0 Å². The molecule has 0 bridgehead atoms. The van der Waals surface area contributed by atoms with Crippen LogP contribution in [0.5, 0.6) is 0 Å². The topological polar surface area (TPSA) is 49.3 Å².